The number of carbonyl (C=O) groups excluding carboxylic acids is 1. The van der Waals surface area contributed by atoms with Gasteiger partial charge in [0.05, 0.1) is 18.6 Å². The standard InChI is InChI=1S/C12H21N3O4S/c16-11-12(2-1-4-13-11)3-5-15(10-12)20(17,18)14-6-8-19-9-7-14/h1-10H2,(H,13,16)/t12-/m1/s1. The molecule has 3 rings (SSSR count). The van der Waals surface area contributed by atoms with Crippen molar-refractivity contribution in [3.05, 3.63) is 0 Å². The van der Waals surface area contributed by atoms with E-state index in [4.69, 9.17) is 4.74 Å². The average molecular weight is 303 g/mol. The molecule has 114 valence electrons. The fourth-order valence-electron chi connectivity index (χ4n) is 3.29. The second-order valence-corrected chi connectivity index (χ2v) is 7.67. The van der Waals surface area contributed by atoms with Crippen molar-refractivity contribution in [2.75, 3.05) is 45.9 Å². The fourth-order valence-corrected chi connectivity index (χ4v) is 4.96. The zero-order chi connectivity index (χ0) is 14.2. The molecule has 0 bridgehead atoms. The lowest BCUT2D eigenvalue weighted by atomic mass is 9.79. The highest BCUT2D eigenvalue weighted by Crippen LogP contribution is 2.38. The molecule has 1 N–H and O–H groups in total. The molecule has 0 saturated carbocycles. The van der Waals surface area contributed by atoms with Crippen molar-refractivity contribution in [3.63, 3.8) is 0 Å². The molecule has 3 aliphatic heterocycles. The summed E-state index contributed by atoms with van der Waals surface area (Å²) in [5.74, 6) is 0.0171. The number of piperidine rings is 1. The third kappa shape index (κ3) is 2.34. The van der Waals surface area contributed by atoms with E-state index < -0.39 is 15.6 Å². The maximum absolute atomic E-state index is 12.6. The van der Waals surface area contributed by atoms with Crippen LogP contribution in [0, 0.1) is 5.41 Å². The number of nitrogens with one attached hydrogen (secondary N) is 1. The van der Waals surface area contributed by atoms with Gasteiger partial charge in [-0.1, -0.05) is 0 Å². The lowest BCUT2D eigenvalue weighted by molar-refractivity contribution is -0.132. The van der Waals surface area contributed by atoms with E-state index >= 15 is 0 Å². The first-order valence-electron chi connectivity index (χ1n) is 7.16. The molecule has 1 atom stereocenters. The molecule has 0 aromatic heterocycles. The molecule has 3 aliphatic rings. The van der Waals surface area contributed by atoms with Crippen molar-refractivity contribution in [2.45, 2.75) is 19.3 Å². The number of rotatable bonds is 2. The first-order chi connectivity index (χ1) is 9.55. The molecule has 20 heavy (non-hydrogen) atoms. The summed E-state index contributed by atoms with van der Waals surface area (Å²) in [5.41, 5.74) is -0.502. The lowest BCUT2D eigenvalue weighted by Crippen LogP contribution is -2.51. The molecule has 0 aliphatic carbocycles. The third-order valence-corrected chi connectivity index (χ3v) is 6.52. The normalized spacial score (nSPS) is 33.5. The van der Waals surface area contributed by atoms with Gasteiger partial charge in [0.1, 0.15) is 0 Å². The molecular formula is C12H21N3O4S. The molecule has 1 amide bonds. The summed E-state index contributed by atoms with van der Waals surface area (Å²) in [6, 6.07) is 0. The zero-order valence-electron chi connectivity index (χ0n) is 11.5. The number of nitrogens with zero attached hydrogens (tertiary/aromatic N) is 2. The van der Waals surface area contributed by atoms with Crippen LogP contribution in [0.25, 0.3) is 0 Å². The number of amides is 1. The Hall–Kier alpha value is -0.700. The Labute approximate surface area is 119 Å². The molecule has 3 heterocycles. The van der Waals surface area contributed by atoms with Crippen molar-refractivity contribution in [3.8, 4) is 0 Å². The maximum Gasteiger partial charge on any atom is 0.282 e. The molecule has 0 aromatic rings. The van der Waals surface area contributed by atoms with Crippen LogP contribution in [-0.4, -0.2) is 68.9 Å². The van der Waals surface area contributed by atoms with E-state index in [0.717, 1.165) is 12.8 Å². The highest BCUT2D eigenvalue weighted by atomic mass is 32.2. The number of ether oxygens (including phenoxy) is 1. The first-order valence-corrected chi connectivity index (χ1v) is 8.56. The third-order valence-electron chi connectivity index (χ3n) is 4.54. The predicted octanol–water partition coefficient (Wildman–Crippen LogP) is -0.834. The van der Waals surface area contributed by atoms with Crippen LogP contribution in [-0.2, 0) is 19.7 Å². The van der Waals surface area contributed by atoms with E-state index in [1.54, 1.807) is 0 Å². The van der Waals surface area contributed by atoms with Gasteiger partial charge < -0.3 is 10.1 Å². The molecule has 0 aromatic carbocycles. The quantitative estimate of drug-likeness (QED) is 0.722. The zero-order valence-corrected chi connectivity index (χ0v) is 12.3. The molecule has 7 nitrogen and oxygen atoms in total. The Kier molecular flexibility index (Phi) is 3.74. The minimum absolute atomic E-state index is 0.0171. The Bertz CT molecular complexity index is 489. The van der Waals surface area contributed by atoms with Gasteiger partial charge in [0.15, 0.2) is 0 Å². The average Bonchev–Trinajstić information content (AvgIpc) is 2.89. The van der Waals surface area contributed by atoms with Crippen molar-refractivity contribution in [1.29, 1.82) is 0 Å². The van der Waals surface area contributed by atoms with Crippen molar-refractivity contribution >= 4 is 16.1 Å². The van der Waals surface area contributed by atoms with Crippen LogP contribution in [0.1, 0.15) is 19.3 Å². The molecule has 3 saturated heterocycles. The number of hydrogen-bond donors (Lipinski definition) is 1. The van der Waals surface area contributed by atoms with Crippen molar-refractivity contribution in [2.24, 2.45) is 5.41 Å². The van der Waals surface area contributed by atoms with Gasteiger partial charge >= 0.3 is 0 Å². The van der Waals surface area contributed by atoms with E-state index in [1.165, 1.54) is 8.61 Å². The Morgan fingerprint density at radius 3 is 2.55 bits per heavy atom. The Balaban J connectivity index is 1.74. The Morgan fingerprint density at radius 2 is 1.85 bits per heavy atom. The summed E-state index contributed by atoms with van der Waals surface area (Å²) >= 11 is 0. The van der Waals surface area contributed by atoms with Crippen molar-refractivity contribution < 1.29 is 17.9 Å². The monoisotopic (exact) mass is 303 g/mol. The van der Waals surface area contributed by atoms with E-state index in [9.17, 15) is 13.2 Å². The second kappa shape index (κ2) is 5.25. The summed E-state index contributed by atoms with van der Waals surface area (Å²) < 4.78 is 33.3. The van der Waals surface area contributed by atoms with Crippen LogP contribution in [0.3, 0.4) is 0 Å². The highest BCUT2D eigenvalue weighted by molar-refractivity contribution is 7.86. The minimum atomic E-state index is -3.45. The van der Waals surface area contributed by atoms with Gasteiger partial charge in [-0.2, -0.15) is 17.0 Å². The van der Waals surface area contributed by atoms with Crippen LogP contribution in [0.4, 0.5) is 0 Å². The summed E-state index contributed by atoms with van der Waals surface area (Å²) in [5, 5.41) is 2.87. The van der Waals surface area contributed by atoms with E-state index in [1.807, 2.05) is 0 Å². The van der Waals surface area contributed by atoms with Gasteiger partial charge in [-0.3, -0.25) is 4.79 Å². The summed E-state index contributed by atoms with van der Waals surface area (Å²) in [4.78, 5) is 12.1. The summed E-state index contributed by atoms with van der Waals surface area (Å²) in [7, 11) is -3.45. The van der Waals surface area contributed by atoms with Gasteiger partial charge in [0, 0.05) is 32.7 Å². The SMILES string of the molecule is O=C1NCCC[C@]12CCN(S(=O)(=O)N1CCOCC1)C2. The predicted molar refractivity (Wildman–Crippen MR) is 72.2 cm³/mol. The lowest BCUT2D eigenvalue weighted by Gasteiger charge is -2.33. The van der Waals surface area contributed by atoms with E-state index in [2.05, 4.69) is 5.32 Å². The van der Waals surface area contributed by atoms with Crippen LogP contribution in [0.15, 0.2) is 0 Å². The second-order valence-electron chi connectivity index (χ2n) is 5.74. The minimum Gasteiger partial charge on any atom is -0.379 e. The van der Waals surface area contributed by atoms with Gasteiger partial charge in [0.2, 0.25) is 5.91 Å². The number of carbonyl (C=O) groups is 1. The van der Waals surface area contributed by atoms with Gasteiger partial charge in [-0.25, -0.2) is 0 Å². The molecule has 8 heteroatoms. The summed E-state index contributed by atoms with van der Waals surface area (Å²) in [6.07, 6.45) is 2.34. The Morgan fingerprint density at radius 1 is 1.10 bits per heavy atom. The highest BCUT2D eigenvalue weighted by Gasteiger charge is 2.49. The largest absolute Gasteiger partial charge is 0.379 e. The topological polar surface area (TPSA) is 79.0 Å². The van der Waals surface area contributed by atoms with Gasteiger partial charge in [-0.15, -0.1) is 0 Å². The van der Waals surface area contributed by atoms with Gasteiger partial charge in [-0.05, 0) is 19.3 Å². The van der Waals surface area contributed by atoms with Gasteiger partial charge in [0.25, 0.3) is 10.2 Å². The van der Waals surface area contributed by atoms with Crippen LogP contribution in [0.2, 0.25) is 0 Å². The van der Waals surface area contributed by atoms with E-state index in [-0.39, 0.29) is 5.91 Å². The smallest absolute Gasteiger partial charge is 0.282 e. The molecular weight excluding hydrogens is 282 g/mol. The summed E-state index contributed by atoms with van der Waals surface area (Å²) in [6.45, 7) is 3.15. The molecule has 1 spiro atoms. The van der Waals surface area contributed by atoms with Crippen LogP contribution >= 0.6 is 0 Å². The van der Waals surface area contributed by atoms with Crippen molar-refractivity contribution in [1.82, 2.24) is 13.9 Å². The number of morpholine rings is 1. The molecule has 0 radical (unpaired) electrons. The van der Waals surface area contributed by atoms with Crippen LogP contribution in [0.5, 0.6) is 0 Å². The van der Waals surface area contributed by atoms with E-state index in [0.29, 0.717) is 52.4 Å². The molecule has 3 fully saturated rings. The maximum atomic E-state index is 12.6. The first kappa shape index (κ1) is 14.2. The number of hydrogen-bond acceptors (Lipinski definition) is 4. The molecule has 0 unspecified atom stereocenters. The fraction of sp³-hybridized carbons (Fsp3) is 0.917. The van der Waals surface area contributed by atoms with Crippen LogP contribution < -0.4 is 5.32 Å².